The van der Waals surface area contributed by atoms with Crippen molar-refractivity contribution in [2.45, 2.75) is 36.3 Å². The molecule has 4 rings (SSSR count). The van der Waals surface area contributed by atoms with Crippen molar-refractivity contribution >= 4 is 44.9 Å². The van der Waals surface area contributed by atoms with E-state index in [4.69, 9.17) is 37.8 Å². The summed E-state index contributed by atoms with van der Waals surface area (Å²) in [6, 6.07) is 23.4. The SMILES string of the molecule is CS(=O)(=O)N(C[C@H]1C(Cl)C(Cl)C[C@@H]1COCc1cccc(C(=O)OCCO)c1)c1cccc(C(O)Cc2ccccc2)c1. The van der Waals surface area contributed by atoms with Crippen molar-refractivity contribution in [2.24, 2.45) is 11.8 Å². The van der Waals surface area contributed by atoms with Gasteiger partial charge in [-0.15, -0.1) is 23.2 Å². The van der Waals surface area contributed by atoms with Gasteiger partial charge >= 0.3 is 5.97 Å². The van der Waals surface area contributed by atoms with Crippen molar-refractivity contribution in [3.05, 3.63) is 101 Å². The number of anilines is 1. The second-order valence-corrected chi connectivity index (χ2v) is 13.8. The topological polar surface area (TPSA) is 113 Å². The van der Waals surface area contributed by atoms with E-state index in [0.717, 1.165) is 17.4 Å². The average Bonchev–Trinajstić information content (AvgIpc) is 3.26. The molecule has 0 aromatic heterocycles. The lowest BCUT2D eigenvalue weighted by Crippen LogP contribution is -2.39. The molecule has 0 amide bonds. The van der Waals surface area contributed by atoms with E-state index >= 15 is 0 Å². The number of carbonyl (C=O) groups is 1. The molecule has 0 heterocycles. The van der Waals surface area contributed by atoms with Gasteiger partial charge in [-0.1, -0.05) is 54.6 Å². The molecule has 3 unspecified atom stereocenters. The quantitative estimate of drug-likeness (QED) is 0.188. The Bertz CT molecular complexity index is 1460. The van der Waals surface area contributed by atoms with Gasteiger partial charge in [0.25, 0.3) is 0 Å². The second kappa shape index (κ2) is 15.4. The molecule has 0 bridgehead atoms. The first-order valence-corrected chi connectivity index (χ1v) is 16.8. The van der Waals surface area contributed by atoms with Gasteiger partial charge in [-0.25, -0.2) is 13.2 Å². The fourth-order valence-electron chi connectivity index (χ4n) is 5.37. The molecule has 0 spiro atoms. The Morgan fingerprint density at radius 2 is 1.74 bits per heavy atom. The van der Waals surface area contributed by atoms with Crippen LogP contribution in [0, 0.1) is 11.8 Å². The Labute approximate surface area is 263 Å². The lowest BCUT2D eigenvalue weighted by molar-refractivity contribution is 0.0433. The van der Waals surface area contributed by atoms with Crippen molar-refractivity contribution in [2.75, 3.05) is 36.9 Å². The van der Waals surface area contributed by atoms with E-state index in [-0.39, 0.29) is 43.6 Å². The maximum absolute atomic E-state index is 13.0. The summed E-state index contributed by atoms with van der Waals surface area (Å²) < 4.78 is 38.4. The molecule has 0 aliphatic heterocycles. The number of benzene rings is 3. The fraction of sp³-hybridized carbons (Fsp3) is 0.406. The van der Waals surface area contributed by atoms with Crippen molar-refractivity contribution < 1.29 is 32.9 Å². The predicted octanol–water partition coefficient (Wildman–Crippen LogP) is 4.95. The van der Waals surface area contributed by atoms with Crippen molar-refractivity contribution in [1.82, 2.24) is 0 Å². The van der Waals surface area contributed by atoms with E-state index in [1.165, 1.54) is 4.31 Å². The first-order valence-electron chi connectivity index (χ1n) is 14.1. The zero-order valence-corrected chi connectivity index (χ0v) is 26.2. The molecule has 1 saturated carbocycles. The smallest absolute Gasteiger partial charge is 0.338 e. The van der Waals surface area contributed by atoms with Crippen molar-refractivity contribution in [1.29, 1.82) is 0 Å². The molecule has 3 aromatic carbocycles. The third kappa shape index (κ3) is 9.17. The van der Waals surface area contributed by atoms with E-state index in [9.17, 15) is 18.3 Å². The van der Waals surface area contributed by atoms with Gasteiger partial charge in [0.05, 0.1) is 54.2 Å². The molecule has 3 aromatic rings. The maximum Gasteiger partial charge on any atom is 0.338 e. The number of esters is 1. The summed E-state index contributed by atoms with van der Waals surface area (Å²) in [7, 11) is -3.70. The first-order chi connectivity index (χ1) is 20.6. The molecular weight excluding hydrogens is 613 g/mol. The normalized spacial score (nSPS) is 21.0. The number of aliphatic hydroxyl groups excluding tert-OH is 2. The summed E-state index contributed by atoms with van der Waals surface area (Å²) in [4.78, 5) is 12.1. The summed E-state index contributed by atoms with van der Waals surface area (Å²) in [6.07, 6.45) is 1.30. The van der Waals surface area contributed by atoms with Crippen LogP contribution < -0.4 is 4.31 Å². The number of hydrogen-bond donors (Lipinski definition) is 2. The third-order valence-corrected chi connectivity index (χ3v) is 9.93. The van der Waals surface area contributed by atoms with E-state index in [1.807, 2.05) is 36.4 Å². The number of carbonyl (C=O) groups excluding carboxylic acids is 1. The number of nitrogens with zero attached hydrogens (tertiary/aromatic N) is 1. The standard InChI is InChI=1S/C32H37Cl2NO7S/c1-43(39,40)35(27-12-6-10-24(17-27)30(37)16-22-7-3-2-4-8-22)19-28-26(18-29(33)31(28)34)21-41-20-23-9-5-11-25(15-23)32(38)42-14-13-36/h2-12,15,17,26,28-31,36-37H,13-14,16,18-21H2,1H3/t26-,28-,29?,30?,31?/m1/s1. The predicted molar refractivity (Wildman–Crippen MR) is 168 cm³/mol. The second-order valence-electron chi connectivity index (χ2n) is 10.8. The Morgan fingerprint density at radius 3 is 2.47 bits per heavy atom. The minimum atomic E-state index is -3.70. The molecule has 0 saturated heterocycles. The Hall–Kier alpha value is -2.66. The van der Waals surface area contributed by atoms with E-state index in [1.54, 1.807) is 42.5 Å². The highest BCUT2D eigenvalue weighted by Crippen LogP contribution is 2.41. The summed E-state index contributed by atoms with van der Waals surface area (Å²) in [5.41, 5.74) is 3.15. The maximum atomic E-state index is 13.0. The molecule has 232 valence electrons. The van der Waals surface area contributed by atoms with Gasteiger partial charge in [0.15, 0.2) is 0 Å². The highest BCUT2D eigenvalue weighted by Gasteiger charge is 2.43. The summed E-state index contributed by atoms with van der Waals surface area (Å²) in [5, 5.41) is 19.0. The molecule has 43 heavy (non-hydrogen) atoms. The molecule has 1 fully saturated rings. The van der Waals surface area contributed by atoms with E-state index < -0.39 is 27.5 Å². The highest BCUT2D eigenvalue weighted by atomic mass is 35.5. The van der Waals surface area contributed by atoms with Gasteiger partial charge in [0, 0.05) is 18.9 Å². The number of rotatable bonds is 14. The number of halogens is 2. The van der Waals surface area contributed by atoms with Gasteiger partial charge < -0.3 is 19.7 Å². The van der Waals surface area contributed by atoms with Crippen LogP contribution in [-0.4, -0.2) is 68.0 Å². The Balaban J connectivity index is 1.45. The van der Waals surface area contributed by atoms with Gasteiger partial charge in [-0.05, 0) is 53.3 Å². The number of hydrogen-bond acceptors (Lipinski definition) is 7. The molecule has 5 atom stereocenters. The van der Waals surface area contributed by atoms with Gasteiger partial charge in [-0.2, -0.15) is 0 Å². The number of aliphatic hydroxyl groups is 2. The van der Waals surface area contributed by atoms with Crippen molar-refractivity contribution in [3.8, 4) is 0 Å². The largest absolute Gasteiger partial charge is 0.460 e. The Morgan fingerprint density at radius 1 is 1.02 bits per heavy atom. The number of alkyl halides is 2. The lowest BCUT2D eigenvalue weighted by Gasteiger charge is -2.30. The third-order valence-electron chi connectivity index (χ3n) is 7.57. The van der Waals surface area contributed by atoms with Crippen molar-refractivity contribution in [3.63, 3.8) is 0 Å². The molecule has 8 nitrogen and oxygen atoms in total. The Kier molecular flexibility index (Phi) is 11.9. The van der Waals surface area contributed by atoms with Gasteiger partial charge in [0.1, 0.15) is 6.61 Å². The van der Waals surface area contributed by atoms with Gasteiger partial charge in [-0.3, -0.25) is 4.31 Å². The van der Waals surface area contributed by atoms with Crippen LogP contribution in [0.25, 0.3) is 0 Å². The summed E-state index contributed by atoms with van der Waals surface area (Å²) in [6.45, 7) is 0.295. The molecular formula is C32H37Cl2NO7S. The van der Waals surface area contributed by atoms with Crippen LogP contribution in [0.1, 0.15) is 39.6 Å². The average molecular weight is 651 g/mol. The molecule has 1 aliphatic carbocycles. The minimum Gasteiger partial charge on any atom is -0.460 e. The molecule has 1 aliphatic rings. The zero-order valence-electron chi connectivity index (χ0n) is 23.9. The number of sulfonamides is 1. The van der Waals surface area contributed by atoms with Gasteiger partial charge in [0.2, 0.25) is 10.0 Å². The van der Waals surface area contributed by atoms with E-state index in [0.29, 0.717) is 36.3 Å². The van der Waals surface area contributed by atoms with Crippen LogP contribution in [0.5, 0.6) is 0 Å². The van der Waals surface area contributed by atoms with Crippen LogP contribution in [0.4, 0.5) is 5.69 Å². The van der Waals surface area contributed by atoms with Crippen LogP contribution >= 0.6 is 23.2 Å². The van der Waals surface area contributed by atoms with Crippen LogP contribution in [0.15, 0.2) is 78.9 Å². The summed E-state index contributed by atoms with van der Waals surface area (Å²) in [5.74, 6) is -0.936. The van der Waals surface area contributed by atoms with E-state index in [2.05, 4.69) is 0 Å². The van der Waals surface area contributed by atoms with Crippen LogP contribution in [0.2, 0.25) is 0 Å². The molecule has 11 heteroatoms. The van der Waals surface area contributed by atoms with Crippen LogP contribution in [0.3, 0.4) is 0 Å². The minimum absolute atomic E-state index is 0.0785. The lowest BCUT2D eigenvalue weighted by atomic mass is 9.96. The fourth-order valence-corrected chi connectivity index (χ4v) is 7.11. The monoisotopic (exact) mass is 649 g/mol. The van der Waals surface area contributed by atoms with Crippen LogP contribution in [-0.2, 0) is 32.5 Å². The zero-order chi connectivity index (χ0) is 31.0. The summed E-state index contributed by atoms with van der Waals surface area (Å²) >= 11 is 13.3. The first kappa shape index (κ1) is 33.2. The molecule has 2 N–H and O–H groups in total. The number of ether oxygens (including phenoxy) is 2. The highest BCUT2D eigenvalue weighted by molar-refractivity contribution is 7.92. The molecule has 0 radical (unpaired) electrons.